The van der Waals surface area contributed by atoms with Gasteiger partial charge >= 0.3 is 224 Å². The fourth-order valence-corrected chi connectivity index (χ4v) is 10.8. The van der Waals surface area contributed by atoms with Crippen molar-refractivity contribution in [2.45, 2.75) is 44.8 Å². The van der Waals surface area contributed by atoms with Crippen LogP contribution in [0.4, 0.5) is 8.78 Å². The molecule has 2 aliphatic rings. The van der Waals surface area contributed by atoms with Gasteiger partial charge in [0.05, 0.1) is 0 Å². The molecule has 0 amide bonds. The normalized spacial score (nSPS) is 22.8. The van der Waals surface area contributed by atoms with Crippen molar-refractivity contribution in [2.24, 2.45) is 5.41 Å². The van der Waals surface area contributed by atoms with Gasteiger partial charge in [0.1, 0.15) is 0 Å². The average Bonchev–Trinajstić information content (AvgIpc) is 3.31. The summed E-state index contributed by atoms with van der Waals surface area (Å²) in [5, 5.41) is 23.3. The van der Waals surface area contributed by atoms with Crippen LogP contribution in [0.15, 0.2) is 48.9 Å². The Balaban J connectivity index is 1.48. The molecule has 6 rings (SSSR count). The first kappa shape index (κ1) is 24.5. The second-order valence-corrected chi connectivity index (χ2v) is 13.1. The van der Waals surface area contributed by atoms with Gasteiger partial charge in [-0.25, -0.2) is 0 Å². The van der Waals surface area contributed by atoms with Crippen LogP contribution in [-0.2, 0) is 12.0 Å². The fraction of sp³-hybridized carbons (Fsp3) is 0.370. The van der Waals surface area contributed by atoms with Crippen LogP contribution in [0.1, 0.15) is 43.6 Å². The minimum atomic E-state index is -0.648. The van der Waals surface area contributed by atoms with E-state index in [0.29, 0.717) is 17.9 Å². The SMILES string of the molecule is C[C@H](O)Cn1ccc(-c2cncc([C@@]34C[I-]C[C@@H](c5cc(-c6c(F)cccc6F)nnc53)C4(C)C)n2)n1. The molecule has 4 aromatic rings. The summed E-state index contributed by atoms with van der Waals surface area (Å²) < 4.78 is 32.8. The molecule has 0 unspecified atom stereocenters. The number of benzene rings is 1. The number of hydrogen-bond acceptors (Lipinski definition) is 6. The predicted octanol–water partition coefficient (Wildman–Crippen LogP) is 0.968. The number of aliphatic hydroxyl groups is 1. The minimum absolute atomic E-state index is 0.143. The molecule has 3 aromatic heterocycles. The van der Waals surface area contributed by atoms with Crippen LogP contribution in [0.3, 0.4) is 0 Å². The van der Waals surface area contributed by atoms with Crippen LogP contribution in [0.25, 0.3) is 22.6 Å². The van der Waals surface area contributed by atoms with Gasteiger partial charge in [-0.15, -0.1) is 0 Å². The summed E-state index contributed by atoms with van der Waals surface area (Å²) in [6, 6.07) is 7.54. The third kappa shape index (κ3) is 3.70. The Morgan fingerprint density at radius 3 is 2.65 bits per heavy atom. The summed E-state index contributed by atoms with van der Waals surface area (Å²) in [6.45, 7) is 6.58. The number of alkyl halides is 2. The zero-order valence-electron chi connectivity index (χ0n) is 20.7. The van der Waals surface area contributed by atoms with Crippen molar-refractivity contribution < 1.29 is 35.1 Å². The van der Waals surface area contributed by atoms with Gasteiger partial charge in [-0.05, 0) is 0 Å². The van der Waals surface area contributed by atoms with Crippen molar-refractivity contribution in [2.75, 3.05) is 8.86 Å². The van der Waals surface area contributed by atoms with E-state index in [2.05, 4.69) is 34.1 Å². The molecule has 7 nitrogen and oxygen atoms in total. The molecular formula is C27H26F2IN6O-. The van der Waals surface area contributed by atoms with Crippen molar-refractivity contribution in [3.05, 3.63) is 77.5 Å². The van der Waals surface area contributed by atoms with E-state index in [1.54, 1.807) is 17.8 Å². The van der Waals surface area contributed by atoms with E-state index in [1.165, 1.54) is 18.2 Å². The summed E-state index contributed by atoms with van der Waals surface area (Å²) in [5.74, 6) is -1.11. The Morgan fingerprint density at radius 1 is 1.11 bits per heavy atom. The molecule has 1 fully saturated rings. The van der Waals surface area contributed by atoms with Gasteiger partial charge in [0.15, 0.2) is 0 Å². The molecule has 0 spiro atoms. The first-order chi connectivity index (χ1) is 17.7. The van der Waals surface area contributed by atoms with E-state index in [-0.39, 0.29) is 43.8 Å². The van der Waals surface area contributed by atoms with E-state index in [0.717, 1.165) is 25.8 Å². The van der Waals surface area contributed by atoms with Gasteiger partial charge in [-0.2, -0.15) is 0 Å². The third-order valence-corrected chi connectivity index (χ3v) is 11.0. The number of aliphatic hydroxyl groups excluding tert-OH is 1. The zero-order chi connectivity index (χ0) is 25.9. The molecule has 1 aliphatic carbocycles. The van der Waals surface area contributed by atoms with Crippen LogP contribution < -0.4 is 21.2 Å². The van der Waals surface area contributed by atoms with Gasteiger partial charge in [-0.3, -0.25) is 0 Å². The Morgan fingerprint density at radius 2 is 1.89 bits per heavy atom. The molecule has 0 radical (unpaired) electrons. The number of hydrogen-bond donors (Lipinski definition) is 1. The Bertz CT molecular complexity index is 1490. The van der Waals surface area contributed by atoms with Gasteiger partial charge in [0, 0.05) is 0 Å². The molecule has 0 saturated carbocycles. The number of fused-ring (bicyclic) bond motifs is 5. The van der Waals surface area contributed by atoms with E-state index in [4.69, 9.17) is 4.98 Å². The molecule has 37 heavy (non-hydrogen) atoms. The second kappa shape index (κ2) is 8.87. The number of rotatable bonds is 5. The van der Waals surface area contributed by atoms with Gasteiger partial charge in [0.25, 0.3) is 0 Å². The van der Waals surface area contributed by atoms with E-state index >= 15 is 0 Å². The second-order valence-electron chi connectivity index (χ2n) is 10.3. The van der Waals surface area contributed by atoms with E-state index in [1.807, 2.05) is 24.5 Å². The molecule has 1 N–H and O–H groups in total. The summed E-state index contributed by atoms with van der Waals surface area (Å²) in [7, 11) is 0. The van der Waals surface area contributed by atoms with Gasteiger partial charge < -0.3 is 0 Å². The zero-order valence-corrected chi connectivity index (χ0v) is 22.8. The van der Waals surface area contributed by atoms with Gasteiger partial charge in [0.2, 0.25) is 0 Å². The van der Waals surface area contributed by atoms with Crippen molar-refractivity contribution in [1.29, 1.82) is 0 Å². The molecule has 2 bridgehead atoms. The van der Waals surface area contributed by atoms with E-state index < -0.39 is 23.2 Å². The van der Waals surface area contributed by atoms with Crippen molar-refractivity contribution in [3.63, 3.8) is 0 Å². The van der Waals surface area contributed by atoms with Crippen molar-refractivity contribution >= 4 is 0 Å². The van der Waals surface area contributed by atoms with Crippen LogP contribution in [0, 0.1) is 17.0 Å². The molecule has 4 heterocycles. The van der Waals surface area contributed by atoms with Crippen LogP contribution in [0.5, 0.6) is 0 Å². The first-order valence-corrected chi connectivity index (χ1v) is 15.2. The number of nitrogens with zero attached hydrogens (tertiary/aromatic N) is 6. The predicted molar refractivity (Wildman–Crippen MR) is 129 cm³/mol. The summed E-state index contributed by atoms with van der Waals surface area (Å²) >= 11 is -0.167. The Hall–Kier alpha value is -2.86. The maximum atomic E-state index is 14.6. The molecular weight excluding hydrogens is 589 g/mol. The summed E-state index contributed by atoms with van der Waals surface area (Å²) in [4.78, 5) is 9.61. The third-order valence-electron chi connectivity index (χ3n) is 7.78. The topological polar surface area (TPSA) is 89.6 Å². The van der Waals surface area contributed by atoms with Crippen molar-refractivity contribution in [3.8, 4) is 22.6 Å². The standard InChI is InChI=1S/C27H26F2IN6O/c1-15(37)13-36-8-7-20(35-36)22-11-31-12-23(32-22)27-14-30-10-17(26(27,2)3)16-9-21(33-34-25(16)27)24-18(28)5-4-6-19(24)29/h4-9,11-12,15,17,37H,10,13-14H2,1-3H3/q-1/t15-,17-,27-/m0/s1. The summed E-state index contributed by atoms with van der Waals surface area (Å²) in [6.07, 6.45) is 4.82. The van der Waals surface area contributed by atoms with Crippen LogP contribution >= 0.6 is 0 Å². The molecule has 192 valence electrons. The van der Waals surface area contributed by atoms with Crippen molar-refractivity contribution in [1.82, 2.24) is 29.9 Å². The quantitative estimate of drug-likeness (QED) is 0.266. The molecule has 1 aliphatic heterocycles. The molecule has 1 aromatic carbocycles. The average molecular weight is 615 g/mol. The van der Waals surface area contributed by atoms with E-state index in [9.17, 15) is 13.9 Å². The Kier molecular flexibility index (Phi) is 5.86. The molecule has 1 saturated heterocycles. The monoisotopic (exact) mass is 615 g/mol. The number of halogens is 3. The van der Waals surface area contributed by atoms with Crippen LogP contribution in [-0.4, -0.2) is 50.0 Å². The fourth-order valence-electron chi connectivity index (χ4n) is 5.76. The molecule has 3 atom stereocenters. The Labute approximate surface area is 223 Å². The maximum absolute atomic E-state index is 14.6. The van der Waals surface area contributed by atoms with Gasteiger partial charge in [-0.1, -0.05) is 0 Å². The number of aromatic nitrogens is 6. The van der Waals surface area contributed by atoms with Crippen LogP contribution in [0.2, 0.25) is 0 Å². The summed E-state index contributed by atoms with van der Waals surface area (Å²) in [5.41, 5.74) is 3.33. The first-order valence-electron chi connectivity index (χ1n) is 12.1. The molecule has 10 heteroatoms.